The lowest BCUT2D eigenvalue weighted by Gasteiger charge is -2.13. The molecule has 0 radical (unpaired) electrons. The number of hydrogen-bond donors (Lipinski definition) is 0. The molecule has 0 spiro atoms. The predicted octanol–water partition coefficient (Wildman–Crippen LogP) is 11.7. The first-order valence-corrected chi connectivity index (χ1v) is 16.9. The number of para-hydroxylation sites is 2. The highest BCUT2D eigenvalue weighted by atomic mass is 32.1. The zero-order valence-corrected chi connectivity index (χ0v) is 26.9. The predicted molar refractivity (Wildman–Crippen MR) is 203 cm³/mol. The van der Waals surface area contributed by atoms with Gasteiger partial charge in [0.1, 0.15) is 0 Å². The van der Waals surface area contributed by atoms with Crippen molar-refractivity contribution in [3.63, 3.8) is 0 Å². The second kappa shape index (κ2) is 10.4. The van der Waals surface area contributed by atoms with Gasteiger partial charge in [0.2, 0.25) is 0 Å². The summed E-state index contributed by atoms with van der Waals surface area (Å²) in [5.74, 6) is 0. The maximum atomic E-state index is 9.69. The Kier molecular flexibility index (Phi) is 5.84. The second-order valence-electron chi connectivity index (χ2n) is 12.4. The van der Waals surface area contributed by atoms with E-state index in [0.717, 1.165) is 60.7 Å². The molecule has 10 rings (SSSR count). The quantitative estimate of drug-likeness (QED) is 0.193. The summed E-state index contributed by atoms with van der Waals surface area (Å²) in [6, 6.07) is 55.5. The Morgan fingerprint density at radius 1 is 0.408 bits per heavy atom. The van der Waals surface area contributed by atoms with E-state index < -0.39 is 0 Å². The maximum absolute atomic E-state index is 9.69. The van der Waals surface area contributed by atoms with Crippen molar-refractivity contribution in [2.45, 2.75) is 0 Å². The molecule has 0 N–H and O–H groups in total. The summed E-state index contributed by atoms with van der Waals surface area (Å²) >= 11 is 1.78. The minimum atomic E-state index is 0.658. The van der Waals surface area contributed by atoms with Gasteiger partial charge in [-0.1, -0.05) is 60.7 Å². The maximum Gasteiger partial charge on any atom is 0.0991 e. The van der Waals surface area contributed by atoms with Crippen LogP contribution in [0, 0.1) is 22.7 Å². The Morgan fingerprint density at radius 2 is 0.959 bits per heavy atom. The number of aromatic nitrogens is 2. The molecule has 0 bridgehead atoms. The molecular formula is C44H24N4S. The third-order valence-electron chi connectivity index (χ3n) is 9.74. The number of nitrogens with zero attached hydrogens (tertiary/aromatic N) is 4. The van der Waals surface area contributed by atoms with Crippen LogP contribution in [0.5, 0.6) is 0 Å². The molecule has 7 aromatic carbocycles. The highest BCUT2D eigenvalue weighted by Crippen LogP contribution is 2.44. The van der Waals surface area contributed by atoms with Gasteiger partial charge < -0.3 is 9.13 Å². The number of nitriles is 2. The normalized spacial score (nSPS) is 11.6. The molecule has 0 fully saturated rings. The molecule has 5 heteroatoms. The van der Waals surface area contributed by atoms with Gasteiger partial charge in [0.25, 0.3) is 0 Å². The monoisotopic (exact) mass is 640 g/mol. The van der Waals surface area contributed by atoms with E-state index in [0.29, 0.717) is 11.1 Å². The van der Waals surface area contributed by atoms with Crippen molar-refractivity contribution < 1.29 is 0 Å². The molecule has 0 saturated heterocycles. The Balaban J connectivity index is 1.17. The van der Waals surface area contributed by atoms with E-state index in [4.69, 9.17) is 0 Å². The van der Waals surface area contributed by atoms with E-state index in [-0.39, 0.29) is 0 Å². The zero-order valence-electron chi connectivity index (χ0n) is 26.1. The van der Waals surface area contributed by atoms with Gasteiger partial charge >= 0.3 is 0 Å². The lowest BCUT2D eigenvalue weighted by atomic mass is 10.0. The van der Waals surface area contributed by atoms with Crippen molar-refractivity contribution >= 4 is 75.1 Å². The Morgan fingerprint density at radius 3 is 1.67 bits per heavy atom. The molecule has 0 aliphatic rings. The third-order valence-corrected chi connectivity index (χ3v) is 10.9. The van der Waals surface area contributed by atoms with Crippen molar-refractivity contribution in [2.75, 3.05) is 0 Å². The molecule has 0 atom stereocenters. The van der Waals surface area contributed by atoms with Crippen molar-refractivity contribution in [1.29, 1.82) is 10.5 Å². The molecule has 0 aliphatic heterocycles. The Hall–Kier alpha value is -6.66. The fraction of sp³-hybridized carbons (Fsp3) is 0. The van der Waals surface area contributed by atoms with Crippen LogP contribution < -0.4 is 0 Å². The number of thiophene rings is 1. The molecule has 3 heterocycles. The first-order chi connectivity index (χ1) is 24.2. The van der Waals surface area contributed by atoms with Crippen molar-refractivity contribution in [3.05, 3.63) is 157 Å². The van der Waals surface area contributed by atoms with Crippen LogP contribution in [0.4, 0.5) is 0 Å². The van der Waals surface area contributed by atoms with E-state index in [2.05, 4.69) is 143 Å². The minimum Gasteiger partial charge on any atom is -0.309 e. The molecule has 4 nitrogen and oxygen atoms in total. The van der Waals surface area contributed by atoms with Crippen LogP contribution in [-0.2, 0) is 0 Å². The Bertz CT molecular complexity index is 3090. The molecule has 0 aliphatic carbocycles. The molecule has 0 amide bonds. The van der Waals surface area contributed by atoms with Crippen LogP contribution in [-0.4, -0.2) is 9.13 Å². The molecule has 226 valence electrons. The molecule has 49 heavy (non-hydrogen) atoms. The molecule has 0 unspecified atom stereocenters. The van der Waals surface area contributed by atoms with Gasteiger partial charge in [-0.2, -0.15) is 10.5 Å². The second-order valence-corrected chi connectivity index (χ2v) is 13.5. The van der Waals surface area contributed by atoms with Crippen molar-refractivity contribution in [1.82, 2.24) is 9.13 Å². The highest BCUT2D eigenvalue weighted by molar-refractivity contribution is 7.26. The number of hydrogen-bond acceptors (Lipinski definition) is 3. The number of fused-ring (bicyclic) bond motifs is 10. The van der Waals surface area contributed by atoms with Crippen LogP contribution in [0.25, 0.3) is 86.3 Å². The van der Waals surface area contributed by atoms with E-state index in [1.807, 2.05) is 24.3 Å². The smallest absolute Gasteiger partial charge is 0.0991 e. The number of benzene rings is 7. The lowest BCUT2D eigenvalue weighted by Crippen LogP contribution is -1.96. The van der Waals surface area contributed by atoms with Crippen molar-refractivity contribution in [2.24, 2.45) is 0 Å². The average molecular weight is 641 g/mol. The van der Waals surface area contributed by atoms with Crippen molar-refractivity contribution in [3.8, 4) is 34.6 Å². The van der Waals surface area contributed by atoms with Gasteiger partial charge in [-0.15, -0.1) is 11.3 Å². The topological polar surface area (TPSA) is 57.4 Å². The van der Waals surface area contributed by atoms with Crippen LogP contribution in [0.15, 0.2) is 146 Å². The molecular weight excluding hydrogens is 617 g/mol. The zero-order chi connectivity index (χ0) is 32.6. The fourth-order valence-electron chi connectivity index (χ4n) is 7.64. The van der Waals surface area contributed by atoms with E-state index >= 15 is 0 Å². The fourth-order valence-corrected chi connectivity index (χ4v) is 8.74. The molecule has 3 aromatic heterocycles. The van der Waals surface area contributed by atoms with E-state index in [1.165, 1.54) is 25.6 Å². The van der Waals surface area contributed by atoms with Gasteiger partial charge in [-0.3, -0.25) is 0 Å². The summed E-state index contributed by atoms with van der Waals surface area (Å²) in [6.45, 7) is 0. The van der Waals surface area contributed by atoms with Gasteiger partial charge in [0, 0.05) is 53.1 Å². The van der Waals surface area contributed by atoms with Gasteiger partial charge in [0.15, 0.2) is 0 Å². The first kappa shape index (κ1) is 27.5. The van der Waals surface area contributed by atoms with Crippen LogP contribution in [0.2, 0.25) is 0 Å². The van der Waals surface area contributed by atoms with Crippen LogP contribution >= 0.6 is 11.3 Å². The lowest BCUT2D eigenvalue weighted by molar-refractivity contribution is 1.17. The minimum absolute atomic E-state index is 0.658. The molecule has 10 aromatic rings. The summed E-state index contributed by atoms with van der Waals surface area (Å²) < 4.78 is 7.07. The SMILES string of the molecule is N#Cc1ccc2sc3ccc4c(c5ccccc5n4-c4cccc(-c5cccc(-n6c7ccccc7c7cc(C#N)ccc76)c5)c4)c3c2c1. The standard InChI is InChI=1S/C44H24N4S/c45-25-27-15-17-39-35(21-27)33-11-1-3-13-37(33)47(39)31-9-5-7-29(23-31)30-8-6-10-32(24-30)48-38-14-4-2-12-34(38)43-40(48)18-20-42-44(43)36-22-28(26-46)16-19-41(36)49-42/h1-24H. The Labute approximate surface area is 285 Å². The van der Waals surface area contributed by atoms with E-state index in [9.17, 15) is 10.5 Å². The summed E-state index contributed by atoms with van der Waals surface area (Å²) in [4.78, 5) is 0. The number of rotatable bonds is 3. The van der Waals surface area contributed by atoms with Crippen LogP contribution in [0.1, 0.15) is 11.1 Å². The summed E-state index contributed by atoms with van der Waals surface area (Å²) in [5.41, 5.74) is 10.2. The van der Waals surface area contributed by atoms with E-state index in [1.54, 1.807) is 11.3 Å². The molecule has 0 saturated carbocycles. The average Bonchev–Trinajstić information content (AvgIpc) is 3.81. The van der Waals surface area contributed by atoms with Gasteiger partial charge in [-0.05, 0) is 96.1 Å². The van der Waals surface area contributed by atoms with Gasteiger partial charge in [0.05, 0.1) is 45.3 Å². The van der Waals surface area contributed by atoms with Crippen LogP contribution in [0.3, 0.4) is 0 Å². The third kappa shape index (κ3) is 4.01. The first-order valence-electron chi connectivity index (χ1n) is 16.1. The highest BCUT2D eigenvalue weighted by Gasteiger charge is 2.19. The summed E-state index contributed by atoms with van der Waals surface area (Å²) in [6.07, 6.45) is 0. The largest absolute Gasteiger partial charge is 0.309 e. The summed E-state index contributed by atoms with van der Waals surface area (Å²) in [5, 5.41) is 26.2. The van der Waals surface area contributed by atoms with Gasteiger partial charge in [-0.25, -0.2) is 0 Å². The summed E-state index contributed by atoms with van der Waals surface area (Å²) in [7, 11) is 0.